The lowest BCUT2D eigenvalue weighted by atomic mass is 9.86. The standard InChI is InChI=1S/C22H24BNO2S/c1-15-6-8-17(9-7-15)20-18(16-10-12-24-13-11-16)14-19(27-20)23-25-21(2,3)22(4,5)26-23/h6-14H,1-5H3. The molecule has 0 bridgehead atoms. The minimum absolute atomic E-state index is 0.345. The van der Waals surface area contributed by atoms with E-state index in [2.05, 4.69) is 69.9 Å². The van der Waals surface area contributed by atoms with Gasteiger partial charge in [0.2, 0.25) is 0 Å². The molecule has 4 rings (SSSR count). The highest BCUT2D eigenvalue weighted by Crippen LogP contribution is 2.40. The monoisotopic (exact) mass is 377 g/mol. The molecule has 3 heterocycles. The molecule has 1 aromatic carbocycles. The molecule has 138 valence electrons. The Bertz CT molecular complexity index is 932. The van der Waals surface area contributed by atoms with E-state index in [1.54, 1.807) is 11.3 Å². The highest BCUT2D eigenvalue weighted by atomic mass is 32.1. The second kappa shape index (κ2) is 6.59. The van der Waals surface area contributed by atoms with Crippen molar-refractivity contribution in [2.45, 2.75) is 45.8 Å². The van der Waals surface area contributed by atoms with E-state index in [4.69, 9.17) is 9.31 Å². The molecule has 3 nitrogen and oxygen atoms in total. The van der Waals surface area contributed by atoms with Crippen LogP contribution in [0.2, 0.25) is 0 Å². The predicted molar refractivity (Wildman–Crippen MR) is 113 cm³/mol. The van der Waals surface area contributed by atoms with Crippen LogP contribution in [0.3, 0.4) is 0 Å². The summed E-state index contributed by atoms with van der Waals surface area (Å²) in [5, 5.41) is 0. The minimum atomic E-state index is -0.347. The summed E-state index contributed by atoms with van der Waals surface area (Å²) >= 11 is 1.74. The van der Waals surface area contributed by atoms with Gasteiger partial charge in [-0.1, -0.05) is 29.8 Å². The molecule has 2 aromatic heterocycles. The van der Waals surface area contributed by atoms with Gasteiger partial charge in [-0.2, -0.15) is 0 Å². The molecular formula is C22H24BNO2S. The first-order valence-corrected chi connectivity index (χ1v) is 10.1. The summed E-state index contributed by atoms with van der Waals surface area (Å²) in [6.07, 6.45) is 3.67. The molecule has 1 fully saturated rings. The van der Waals surface area contributed by atoms with Crippen LogP contribution in [0.25, 0.3) is 21.6 Å². The summed E-state index contributed by atoms with van der Waals surface area (Å²) in [5.41, 5.74) is 4.12. The van der Waals surface area contributed by atoms with Crippen LogP contribution in [-0.2, 0) is 9.31 Å². The number of aromatic nitrogens is 1. The van der Waals surface area contributed by atoms with Crippen LogP contribution < -0.4 is 4.78 Å². The molecule has 0 radical (unpaired) electrons. The van der Waals surface area contributed by atoms with Gasteiger partial charge in [-0.25, -0.2) is 0 Å². The molecule has 1 saturated heterocycles. The molecule has 1 aliphatic heterocycles. The SMILES string of the molecule is Cc1ccc(-c2sc(B3OC(C)(C)C(C)(C)O3)cc2-c2ccncc2)cc1. The van der Waals surface area contributed by atoms with Crippen LogP contribution in [0.4, 0.5) is 0 Å². The highest BCUT2D eigenvalue weighted by molar-refractivity contribution is 7.25. The lowest BCUT2D eigenvalue weighted by Gasteiger charge is -2.32. The maximum atomic E-state index is 6.29. The fraction of sp³-hybridized carbons (Fsp3) is 0.318. The zero-order valence-electron chi connectivity index (χ0n) is 16.4. The minimum Gasteiger partial charge on any atom is -0.399 e. The summed E-state index contributed by atoms with van der Waals surface area (Å²) in [4.78, 5) is 5.39. The first kappa shape index (κ1) is 18.4. The number of benzene rings is 1. The molecule has 5 heteroatoms. The number of nitrogens with zero attached hydrogens (tertiary/aromatic N) is 1. The molecule has 0 aliphatic carbocycles. The molecule has 27 heavy (non-hydrogen) atoms. The molecule has 0 atom stereocenters. The molecule has 0 unspecified atom stereocenters. The second-order valence-electron chi connectivity index (χ2n) is 8.08. The van der Waals surface area contributed by atoms with Gasteiger partial charge in [0.15, 0.2) is 0 Å². The Balaban J connectivity index is 1.80. The van der Waals surface area contributed by atoms with Crippen molar-refractivity contribution in [3.63, 3.8) is 0 Å². The number of thiophene rings is 1. The van der Waals surface area contributed by atoms with Crippen LogP contribution >= 0.6 is 11.3 Å². The van der Waals surface area contributed by atoms with E-state index < -0.39 is 0 Å². The third-order valence-corrected chi connectivity index (χ3v) is 6.75. The van der Waals surface area contributed by atoms with Crippen molar-refractivity contribution in [1.82, 2.24) is 4.98 Å². The zero-order chi connectivity index (χ0) is 19.2. The molecule has 0 spiro atoms. The Morgan fingerprint density at radius 3 is 2.04 bits per heavy atom. The molecule has 0 N–H and O–H groups in total. The van der Waals surface area contributed by atoms with Crippen LogP contribution in [0.5, 0.6) is 0 Å². The van der Waals surface area contributed by atoms with Gasteiger partial charge in [0.05, 0.1) is 11.2 Å². The maximum absolute atomic E-state index is 6.29. The smallest absolute Gasteiger partial charge is 0.399 e. The Kier molecular flexibility index (Phi) is 4.49. The van der Waals surface area contributed by atoms with Gasteiger partial charge in [0.1, 0.15) is 0 Å². The van der Waals surface area contributed by atoms with Gasteiger partial charge in [0, 0.05) is 27.6 Å². The third kappa shape index (κ3) is 3.36. The normalized spacial score (nSPS) is 18.0. The van der Waals surface area contributed by atoms with E-state index in [-0.39, 0.29) is 18.3 Å². The average Bonchev–Trinajstić information content (AvgIpc) is 3.15. The highest BCUT2D eigenvalue weighted by Gasteiger charge is 2.52. The number of rotatable bonds is 3. The Labute approximate surface area is 165 Å². The zero-order valence-corrected chi connectivity index (χ0v) is 17.3. The van der Waals surface area contributed by atoms with E-state index in [0.29, 0.717) is 0 Å². The van der Waals surface area contributed by atoms with Gasteiger partial charge >= 0.3 is 7.12 Å². The van der Waals surface area contributed by atoms with E-state index >= 15 is 0 Å². The van der Waals surface area contributed by atoms with E-state index in [0.717, 1.165) is 10.3 Å². The van der Waals surface area contributed by atoms with Crippen LogP contribution in [-0.4, -0.2) is 23.3 Å². The van der Waals surface area contributed by atoms with E-state index in [9.17, 15) is 0 Å². The second-order valence-corrected chi connectivity index (χ2v) is 9.17. The summed E-state index contributed by atoms with van der Waals surface area (Å²) < 4.78 is 13.7. The van der Waals surface area contributed by atoms with Crippen LogP contribution in [0, 0.1) is 6.92 Å². The van der Waals surface area contributed by atoms with Crippen molar-refractivity contribution >= 4 is 23.2 Å². The maximum Gasteiger partial charge on any atom is 0.505 e. The number of hydrogen-bond acceptors (Lipinski definition) is 4. The molecule has 3 aromatic rings. The summed E-state index contributed by atoms with van der Waals surface area (Å²) in [5.74, 6) is 0. The summed E-state index contributed by atoms with van der Waals surface area (Å²) in [6.45, 7) is 10.5. The Morgan fingerprint density at radius 1 is 0.852 bits per heavy atom. The van der Waals surface area contributed by atoms with Crippen LogP contribution in [0.15, 0.2) is 54.9 Å². The summed E-state index contributed by atoms with van der Waals surface area (Å²) in [6, 6.07) is 15.0. The first-order valence-electron chi connectivity index (χ1n) is 9.24. The lowest BCUT2D eigenvalue weighted by Crippen LogP contribution is -2.41. The topological polar surface area (TPSA) is 31.4 Å². The predicted octanol–water partition coefficient (Wildman–Crippen LogP) is 5.08. The van der Waals surface area contributed by atoms with E-state index in [1.165, 1.54) is 21.6 Å². The number of pyridine rings is 1. The van der Waals surface area contributed by atoms with Crippen molar-refractivity contribution in [2.24, 2.45) is 0 Å². The van der Waals surface area contributed by atoms with Crippen molar-refractivity contribution in [2.75, 3.05) is 0 Å². The van der Waals surface area contributed by atoms with Crippen LogP contribution in [0.1, 0.15) is 33.3 Å². The van der Waals surface area contributed by atoms with Crippen molar-refractivity contribution in [1.29, 1.82) is 0 Å². The fourth-order valence-corrected chi connectivity index (χ4v) is 4.30. The van der Waals surface area contributed by atoms with E-state index in [1.807, 2.05) is 24.5 Å². The third-order valence-electron chi connectivity index (χ3n) is 5.54. The van der Waals surface area contributed by atoms with Gasteiger partial charge in [-0.05, 0) is 63.9 Å². The Hall–Kier alpha value is -1.95. The van der Waals surface area contributed by atoms with Crippen molar-refractivity contribution in [3.05, 3.63) is 60.4 Å². The molecule has 1 aliphatic rings. The average molecular weight is 377 g/mol. The first-order chi connectivity index (χ1) is 12.8. The largest absolute Gasteiger partial charge is 0.505 e. The lowest BCUT2D eigenvalue weighted by molar-refractivity contribution is 0.00578. The summed E-state index contributed by atoms with van der Waals surface area (Å²) in [7, 11) is -0.347. The van der Waals surface area contributed by atoms with Gasteiger partial charge in [-0.15, -0.1) is 11.3 Å². The molecule has 0 amide bonds. The Morgan fingerprint density at radius 2 is 1.44 bits per heavy atom. The number of aryl methyl sites for hydroxylation is 1. The van der Waals surface area contributed by atoms with Gasteiger partial charge in [-0.3, -0.25) is 4.98 Å². The quantitative estimate of drug-likeness (QED) is 0.596. The van der Waals surface area contributed by atoms with Gasteiger partial charge < -0.3 is 9.31 Å². The molecule has 0 saturated carbocycles. The number of hydrogen-bond donors (Lipinski definition) is 0. The van der Waals surface area contributed by atoms with Crippen molar-refractivity contribution in [3.8, 4) is 21.6 Å². The van der Waals surface area contributed by atoms with Gasteiger partial charge in [0.25, 0.3) is 0 Å². The fourth-order valence-electron chi connectivity index (χ4n) is 3.15. The molecular weight excluding hydrogens is 353 g/mol. The van der Waals surface area contributed by atoms with Crippen molar-refractivity contribution < 1.29 is 9.31 Å².